The highest BCUT2D eigenvalue weighted by molar-refractivity contribution is 5.92. The summed E-state index contributed by atoms with van der Waals surface area (Å²) in [6, 6.07) is 2.24. The van der Waals surface area contributed by atoms with Gasteiger partial charge in [0.2, 0.25) is 11.7 Å². The van der Waals surface area contributed by atoms with Gasteiger partial charge in [0.1, 0.15) is 18.8 Å². The van der Waals surface area contributed by atoms with Crippen molar-refractivity contribution in [1.82, 2.24) is 5.32 Å². The minimum atomic E-state index is -1.27. The highest BCUT2D eigenvalue weighted by Gasteiger charge is 2.69. The first kappa shape index (κ1) is 48.3. The molecular formula is C51H71NO14. The van der Waals surface area contributed by atoms with Crippen molar-refractivity contribution in [3.63, 3.8) is 0 Å². The van der Waals surface area contributed by atoms with Gasteiger partial charge < -0.3 is 52.7 Å². The average molecular weight is 922 g/mol. The van der Waals surface area contributed by atoms with E-state index in [1.807, 2.05) is 0 Å². The first-order valence-electron chi connectivity index (χ1n) is 24.0. The summed E-state index contributed by atoms with van der Waals surface area (Å²) >= 11 is 0. The van der Waals surface area contributed by atoms with Gasteiger partial charge in [-0.2, -0.15) is 0 Å². The third-order valence-corrected chi connectivity index (χ3v) is 16.8. The molecule has 7 aliphatic rings. The van der Waals surface area contributed by atoms with Crippen molar-refractivity contribution in [2.75, 3.05) is 34.5 Å². The first-order chi connectivity index (χ1) is 31.4. The van der Waals surface area contributed by atoms with Gasteiger partial charge in [0.15, 0.2) is 35.8 Å². The second kappa shape index (κ2) is 19.1. The second-order valence-electron chi connectivity index (χ2n) is 20.6. The van der Waals surface area contributed by atoms with Gasteiger partial charge >= 0.3 is 17.9 Å². The van der Waals surface area contributed by atoms with Crippen LogP contribution in [0, 0.1) is 46.3 Å². The predicted octanol–water partition coefficient (Wildman–Crippen LogP) is 7.11. The summed E-state index contributed by atoms with van der Waals surface area (Å²) in [6.45, 7) is 13.8. The fourth-order valence-corrected chi connectivity index (χ4v) is 13.7. The van der Waals surface area contributed by atoms with Crippen LogP contribution in [-0.2, 0) is 52.3 Å². The number of carbonyl (C=O) groups is 4. The van der Waals surface area contributed by atoms with Gasteiger partial charge in [-0.3, -0.25) is 19.2 Å². The molecule has 3 saturated heterocycles. The van der Waals surface area contributed by atoms with E-state index in [0.29, 0.717) is 64.7 Å². The molecule has 0 unspecified atom stereocenters. The maximum Gasteiger partial charge on any atom is 0.303 e. The van der Waals surface area contributed by atoms with Gasteiger partial charge in [-0.15, -0.1) is 0 Å². The lowest BCUT2D eigenvalue weighted by Crippen LogP contribution is -2.67. The monoisotopic (exact) mass is 921 g/mol. The van der Waals surface area contributed by atoms with Crippen molar-refractivity contribution in [2.24, 2.45) is 46.3 Å². The molecule has 8 rings (SSSR count). The molecular weight excluding hydrogens is 851 g/mol. The van der Waals surface area contributed by atoms with Crippen LogP contribution in [0.5, 0.6) is 17.2 Å². The van der Waals surface area contributed by atoms with Gasteiger partial charge in [-0.1, -0.05) is 39.3 Å². The molecule has 1 N–H and O–H groups in total. The Balaban J connectivity index is 1.03. The highest BCUT2D eigenvalue weighted by Crippen LogP contribution is 2.70. The number of nitrogens with one attached hydrogen (secondary N) is 1. The van der Waals surface area contributed by atoms with Crippen molar-refractivity contribution < 1.29 is 66.5 Å². The average Bonchev–Trinajstić information content (AvgIpc) is 3.73. The van der Waals surface area contributed by atoms with Crippen LogP contribution >= 0.6 is 0 Å². The molecule has 15 nitrogen and oxygen atoms in total. The molecule has 3 heterocycles. The maximum atomic E-state index is 13.9. The highest BCUT2D eigenvalue weighted by atomic mass is 16.7. The number of rotatable bonds is 12. The quantitative estimate of drug-likeness (QED) is 0.0973. The Morgan fingerprint density at radius 3 is 2.21 bits per heavy atom. The Morgan fingerprint density at radius 2 is 1.58 bits per heavy atom. The van der Waals surface area contributed by atoms with Gasteiger partial charge in [0.25, 0.3) is 0 Å². The van der Waals surface area contributed by atoms with Gasteiger partial charge in [-0.05, 0) is 116 Å². The van der Waals surface area contributed by atoms with Crippen molar-refractivity contribution >= 4 is 29.9 Å². The van der Waals surface area contributed by atoms with E-state index in [2.05, 4.69) is 39.1 Å². The van der Waals surface area contributed by atoms with Crippen molar-refractivity contribution in [3.05, 3.63) is 35.4 Å². The zero-order valence-corrected chi connectivity index (χ0v) is 40.4. The summed E-state index contributed by atoms with van der Waals surface area (Å²) in [7, 11) is 4.50. The zero-order chi connectivity index (χ0) is 47.3. The summed E-state index contributed by atoms with van der Waals surface area (Å²) in [5.41, 5.74) is 2.16. The molecule has 1 amide bonds. The lowest BCUT2D eigenvalue weighted by Gasteiger charge is -2.58. The Hall–Kier alpha value is -4.18. The van der Waals surface area contributed by atoms with E-state index in [-0.39, 0.29) is 29.6 Å². The lowest BCUT2D eigenvalue weighted by atomic mass is 9.47. The summed E-state index contributed by atoms with van der Waals surface area (Å²) in [6.07, 6.45) is 9.34. The number of carbonyl (C=O) groups excluding carboxylic acids is 4. The molecule has 1 spiro atoms. The topological polar surface area (TPSA) is 173 Å². The Kier molecular flexibility index (Phi) is 14.0. The molecule has 0 bridgehead atoms. The molecule has 16 atom stereocenters. The molecule has 1 aromatic carbocycles. The van der Waals surface area contributed by atoms with Crippen LogP contribution in [0.25, 0.3) is 6.08 Å². The number of hydrogen-bond acceptors (Lipinski definition) is 14. The smallest absolute Gasteiger partial charge is 0.303 e. The number of methoxy groups -OCH3 is 3. The fraction of sp³-hybridized carbons (Fsp3) is 0.725. The molecule has 0 aromatic heterocycles. The number of hydrogen-bond donors (Lipinski definition) is 1. The van der Waals surface area contributed by atoms with Crippen molar-refractivity contribution in [1.29, 1.82) is 0 Å². The third-order valence-electron chi connectivity index (χ3n) is 16.8. The molecule has 6 fully saturated rings. The van der Waals surface area contributed by atoms with Crippen LogP contribution in [0.3, 0.4) is 0 Å². The minimum Gasteiger partial charge on any atom is -0.493 e. The summed E-state index contributed by atoms with van der Waals surface area (Å²) < 4.78 is 60.4. The molecule has 3 saturated carbocycles. The Morgan fingerprint density at radius 1 is 0.864 bits per heavy atom. The summed E-state index contributed by atoms with van der Waals surface area (Å²) in [5, 5.41) is 2.95. The van der Waals surface area contributed by atoms with E-state index in [0.717, 1.165) is 45.1 Å². The second-order valence-corrected chi connectivity index (χ2v) is 20.6. The number of allylic oxidation sites excluding steroid dienone is 1. The summed E-state index contributed by atoms with van der Waals surface area (Å²) in [4.78, 5) is 51.3. The third kappa shape index (κ3) is 8.98. The van der Waals surface area contributed by atoms with E-state index in [4.69, 9.17) is 47.4 Å². The van der Waals surface area contributed by atoms with E-state index in [1.165, 1.54) is 66.6 Å². The number of ether oxygens (including phenoxy) is 10. The zero-order valence-electron chi connectivity index (χ0n) is 40.4. The van der Waals surface area contributed by atoms with Gasteiger partial charge in [0, 0.05) is 39.2 Å². The molecule has 66 heavy (non-hydrogen) atoms. The van der Waals surface area contributed by atoms with Crippen LogP contribution in [0.1, 0.15) is 112 Å². The molecule has 15 heteroatoms. The largest absolute Gasteiger partial charge is 0.493 e. The standard InChI is InChI=1S/C51H71NO14/c1-27-15-20-51(61-25-27)28(2)43-38(66-51)24-37-35-13-12-33-23-34(16-18-49(33,6)36(35)17-19-50(37,43)7)64-48-44(47(63-31(5)55)46(62-30(4)54)41(65-48)26-60-29(3)53)52-42(56)14-11-32-21-39(57-8)45(59-10)40(22-32)58-9/h11-12,14,21-22,27-28,34-38,41,43-44,46-48H,13,15-20,23-26H2,1-10H3,(H,52,56)/b14-11+/t27-,28+,34+,35-,36+,37+,38+,41-,43+,44-,46-,47-,48-,49+,50+,51-/m1/s1. The van der Waals surface area contributed by atoms with E-state index < -0.39 is 60.2 Å². The van der Waals surface area contributed by atoms with Crippen LogP contribution in [0.2, 0.25) is 0 Å². The van der Waals surface area contributed by atoms with Gasteiger partial charge in [0.05, 0.1) is 40.1 Å². The molecule has 1 aromatic rings. The summed E-state index contributed by atoms with van der Waals surface area (Å²) in [5.74, 6) is 1.38. The number of benzene rings is 1. The van der Waals surface area contributed by atoms with Crippen LogP contribution in [0.15, 0.2) is 29.9 Å². The maximum absolute atomic E-state index is 13.9. The van der Waals surface area contributed by atoms with E-state index >= 15 is 0 Å². The predicted molar refractivity (Wildman–Crippen MR) is 240 cm³/mol. The van der Waals surface area contributed by atoms with Crippen LogP contribution < -0.4 is 19.5 Å². The lowest BCUT2D eigenvalue weighted by molar-refractivity contribution is -0.289. The number of esters is 3. The van der Waals surface area contributed by atoms with E-state index in [1.54, 1.807) is 18.2 Å². The molecule has 3 aliphatic heterocycles. The Labute approximate surface area is 389 Å². The fourth-order valence-electron chi connectivity index (χ4n) is 13.7. The van der Waals surface area contributed by atoms with Crippen LogP contribution in [-0.4, -0.2) is 107 Å². The number of fused-ring (bicyclic) bond motifs is 7. The SMILES string of the molecule is COc1cc(/C=C/C(=O)N[C@H]2[C@H](O[C@H]3CC[C@@]4(C)C(=CC[C@H]5[C@@H]6C[C@@H]7O[C@]8(CC[C@@H](C)CO8)[C@@H](C)[C@@H]7[C@@]6(C)CC[C@@H]54)C3)O[C@H](COC(C)=O)[C@@H](OC(C)=O)[C@@H]2OC(C)=O)cc(OC)c1OC. The first-order valence-corrected chi connectivity index (χ1v) is 24.0. The molecule has 0 radical (unpaired) electrons. The molecule has 364 valence electrons. The minimum absolute atomic E-state index is 0.00463. The van der Waals surface area contributed by atoms with Gasteiger partial charge in [-0.25, -0.2) is 0 Å². The normalized spacial score (nSPS) is 40.2. The van der Waals surface area contributed by atoms with E-state index in [9.17, 15) is 19.2 Å². The van der Waals surface area contributed by atoms with Crippen molar-refractivity contribution in [2.45, 2.75) is 155 Å². The van der Waals surface area contributed by atoms with Crippen LogP contribution in [0.4, 0.5) is 0 Å². The molecule has 4 aliphatic carbocycles. The Bertz CT molecular complexity index is 2040. The number of amides is 1. The van der Waals surface area contributed by atoms with Crippen molar-refractivity contribution in [3.8, 4) is 17.2 Å².